The van der Waals surface area contributed by atoms with Gasteiger partial charge in [-0.1, -0.05) is 18.7 Å². The third-order valence-corrected chi connectivity index (χ3v) is 5.05. The summed E-state index contributed by atoms with van der Waals surface area (Å²) in [6.07, 6.45) is 4.28. The molecule has 1 aromatic carbocycles. The summed E-state index contributed by atoms with van der Waals surface area (Å²) in [6, 6.07) is 3.18. The van der Waals surface area contributed by atoms with Gasteiger partial charge in [0.1, 0.15) is 18.0 Å². The van der Waals surface area contributed by atoms with E-state index >= 15 is 0 Å². The minimum absolute atomic E-state index is 0.195. The smallest absolute Gasteiger partial charge is 0.407 e. The molecule has 1 N–H and O–H groups in total. The topological polar surface area (TPSA) is 90.9 Å². The van der Waals surface area contributed by atoms with Crippen LogP contribution in [0.5, 0.6) is 11.5 Å². The predicted molar refractivity (Wildman–Crippen MR) is 122 cm³/mol. The van der Waals surface area contributed by atoms with Gasteiger partial charge in [0, 0.05) is 18.0 Å². The highest BCUT2D eigenvalue weighted by atomic mass is 127. The number of alkyl carbamates (subject to hydrolysis) is 1. The molecule has 29 heavy (non-hydrogen) atoms. The average Bonchev–Trinajstić information content (AvgIpc) is 2.56. The summed E-state index contributed by atoms with van der Waals surface area (Å²) in [5, 5.41) is 2.75. The molecule has 1 amide bonds. The number of carbonyl (C=O) groups is 1. The van der Waals surface area contributed by atoms with Crippen molar-refractivity contribution in [3.63, 3.8) is 0 Å². The van der Waals surface area contributed by atoms with E-state index in [-0.39, 0.29) is 24.8 Å². The zero-order chi connectivity index (χ0) is 22.2. The summed E-state index contributed by atoms with van der Waals surface area (Å²) in [5.74, 6) is 0.503. The molecular weight excluding hydrogens is 509 g/mol. The lowest BCUT2D eigenvalue weighted by molar-refractivity contribution is 0.0524. The van der Waals surface area contributed by atoms with E-state index in [0.717, 1.165) is 6.26 Å². The number of hydrogen-bond donors (Lipinski definition) is 1. The summed E-state index contributed by atoms with van der Waals surface area (Å²) in [4.78, 5) is 12.1. The lowest BCUT2D eigenvalue weighted by Crippen LogP contribution is -2.35. The number of hydrogen-bond acceptors (Lipinski definition) is 6. The van der Waals surface area contributed by atoms with E-state index in [0.29, 0.717) is 21.3 Å². The second-order valence-electron chi connectivity index (χ2n) is 7.28. The Bertz CT molecular complexity index is 845. The van der Waals surface area contributed by atoms with Crippen LogP contribution in [0.25, 0.3) is 0 Å². The summed E-state index contributed by atoms with van der Waals surface area (Å²) in [7, 11) is -3.70. The van der Waals surface area contributed by atoms with Crippen LogP contribution in [0.2, 0.25) is 0 Å². The molecule has 0 saturated heterocycles. The van der Waals surface area contributed by atoms with Gasteiger partial charge in [-0.3, -0.25) is 0 Å². The highest BCUT2D eigenvalue weighted by Gasteiger charge is 2.24. The molecule has 1 atom stereocenters. The van der Waals surface area contributed by atoms with Gasteiger partial charge in [-0.05, 0) is 61.9 Å². The molecule has 0 bridgehead atoms. The van der Waals surface area contributed by atoms with Crippen LogP contribution in [0.4, 0.5) is 4.79 Å². The predicted octanol–water partition coefficient (Wildman–Crippen LogP) is 4.38. The van der Waals surface area contributed by atoms with Crippen LogP contribution < -0.4 is 14.2 Å². The highest BCUT2D eigenvalue weighted by Crippen LogP contribution is 2.39. The van der Waals surface area contributed by atoms with Crippen LogP contribution in [-0.4, -0.2) is 39.5 Å². The fourth-order valence-electron chi connectivity index (χ4n) is 2.46. The highest BCUT2D eigenvalue weighted by molar-refractivity contribution is 14.1. The Morgan fingerprint density at radius 1 is 1.24 bits per heavy atom. The van der Waals surface area contributed by atoms with Crippen molar-refractivity contribution in [1.82, 2.24) is 5.32 Å². The zero-order valence-corrected chi connectivity index (χ0v) is 20.1. The van der Waals surface area contributed by atoms with Gasteiger partial charge in [-0.25, -0.2) is 4.79 Å². The molecule has 9 heteroatoms. The van der Waals surface area contributed by atoms with Gasteiger partial charge in [-0.2, -0.15) is 8.42 Å². The van der Waals surface area contributed by atoms with Gasteiger partial charge >= 0.3 is 16.2 Å². The summed E-state index contributed by atoms with van der Waals surface area (Å²) in [5.41, 5.74) is 0.0954. The van der Waals surface area contributed by atoms with Crippen molar-refractivity contribution >= 4 is 38.8 Å². The van der Waals surface area contributed by atoms with Crippen molar-refractivity contribution in [2.45, 2.75) is 38.7 Å². The third-order valence-electron chi connectivity index (χ3n) is 3.45. The first-order valence-electron chi connectivity index (χ1n) is 8.91. The standard InChI is InChI=1S/C20H28INO6S/c1-7-9-14(13-22-19(23)27-20(3,4)5)17-15(26-12-8-2)10-11-16(18(17)21)28-29(6,24)25/h7-8,10-11,14H,1-2,9,12-13H2,3-6H3,(H,22,23). The first-order valence-corrected chi connectivity index (χ1v) is 11.8. The lowest BCUT2D eigenvalue weighted by atomic mass is 9.94. The molecule has 0 spiro atoms. The molecule has 0 saturated carbocycles. The molecule has 0 heterocycles. The van der Waals surface area contributed by atoms with Crippen LogP contribution >= 0.6 is 22.6 Å². The molecular formula is C20H28INO6S. The van der Waals surface area contributed by atoms with E-state index in [4.69, 9.17) is 13.7 Å². The van der Waals surface area contributed by atoms with E-state index in [2.05, 4.69) is 18.5 Å². The van der Waals surface area contributed by atoms with E-state index < -0.39 is 21.8 Å². The number of ether oxygens (including phenoxy) is 2. The maximum absolute atomic E-state index is 12.1. The number of benzene rings is 1. The van der Waals surface area contributed by atoms with Crippen molar-refractivity contribution in [1.29, 1.82) is 0 Å². The maximum atomic E-state index is 12.1. The van der Waals surface area contributed by atoms with Gasteiger partial charge in [0.2, 0.25) is 0 Å². The van der Waals surface area contributed by atoms with Crippen molar-refractivity contribution in [3.05, 3.63) is 46.6 Å². The number of halogens is 1. The molecule has 0 aliphatic carbocycles. The lowest BCUT2D eigenvalue weighted by Gasteiger charge is -2.24. The molecule has 0 radical (unpaired) electrons. The first-order chi connectivity index (χ1) is 13.4. The SMILES string of the molecule is C=CCOc1ccc(OS(C)(=O)=O)c(I)c1C(CC=C)CNC(=O)OC(C)(C)C. The largest absolute Gasteiger partial charge is 0.489 e. The van der Waals surface area contributed by atoms with Crippen LogP contribution in [0, 0.1) is 3.57 Å². The maximum Gasteiger partial charge on any atom is 0.407 e. The Kier molecular flexibility index (Phi) is 9.47. The molecule has 1 unspecified atom stereocenters. The van der Waals surface area contributed by atoms with E-state index in [9.17, 15) is 13.2 Å². The van der Waals surface area contributed by atoms with Crippen molar-refractivity contribution in [3.8, 4) is 11.5 Å². The van der Waals surface area contributed by atoms with Gasteiger partial charge < -0.3 is 19.0 Å². The van der Waals surface area contributed by atoms with Gasteiger partial charge in [0.15, 0.2) is 5.75 Å². The van der Waals surface area contributed by atoms with Crippen molar-refractivity contribution < 1.29 is 26.9 Å². The zero-order valence-electron chi connectivity index (χ0n) is 17.2. The summed E-state index contributed by atoms with van der Waals surface area (Å²) < 4.78 is 39.9. The molecule has 0 aliphatic rings. The molecule has 0 aliphatic heterocycles. The number of nitrogens with one attached hydrogen (secondary N) is 1. The minimum atomic E-state index is -3.70. The Morgan fingerprint density at radius 3 is 2.38 bits per heavy atom. The van der Waals surface area contributed by atoms with Crippen molar-refractivity contribution in [2.24, 2.45) is 0 Å². The molecule has 0 aromatic heterocycles. The number of amides is 1. The Morgan fingerprint density at radius 2 is 1.86 bits per heavy atom. The van der Waals surface area contributed by atoms with Crippen LogP contribution in [0.3, 0.4) is 0 Å². The number of carbonyl (C=O) groups excluding carboxylic acids is 1. The Hall–Kier alpha value is -1.75. The van der Waals surface area contributed by atoms with Crippen LogP contribution in [0.15, 0.2) is 37.4 Å². The second-order valence-corrected chi connectivity index (χ2v) is 9.93. The molecule has 7 nitrogen and oxygen atoms in total. The van der Waals surface area contributed by atoms with E-state index in [1.807, 2.05) is 22.6 Å². The normalized spacial score (nSPS) is 12.6. The second kappa shape index (κ2) is 10.9. The van der Waals surface area contributed by atoms with Crippen LogP contribution in [-0.2, 0) is 14.9 Å². The molecule has 162 valence electrons. The fourth-order valence-corrected chi connectivity index (χ4v) is 4.07. The van der Waals surface area contributed by atoms with Gasteiger partial charge in [0.05, 0.1) is 9.83 Å². The molecule has 1 rings (SSSR count). The average molecular weight is 537 g/mol. The molecule has 1 aromatic rings. The number of allylic oxidation sites excluding steroid dienone is 1. The minimum Gasteiger partial charge on any atom is -0.489 e. The third kappa shape index (κ3) is 9.07. The van der Waals surface area contributed by atoms with Gasteiger partial charge in [-0.15, -0.1) is 6.58 Å². The van der Waals surface area contributed by atoms with E-state index in [1.54, 1.807) is 39.0 Å². The molecule has 0 fully saturated rings. The van der Waals surface area contributed by atoms with Crippen molar-refractivity contribution in [2.75, 3.05) is 19.4 Å². The monoisotopic (exact) mass is 537 g/mol. The summed E-state index contributed by atoms with van der Waals surface area (Å²) >= 11 is 2.02. The summed E-state index contributed by atoms with van der Waals surface area (Å²) in [6.45, 7) is 13.3. The number of rotatable bonds is 10. The van der Waals surface area contributed by atoms with Gasteiger partial charge in [0.25, 0.3) is 0 Å². The quantitative estimate of drug-likeness (QED) is 0.271. The Balaban J connectivity index is 3.28. The fraction of sp³-hybridized carbons (Fsp3) is 0.450. The first kappa shape index (κ1) is 25.3. The van der Waals surface area contributed by atoms with Crippen LogP contribution in [0.1, 0.15) is 38.7 Å². The Labute approximate surface area is 186 Å². The van der Waals surface area contributed by atoms with E-state index in [1.165, 1.54) is 6.07 Å².